The number of carboxylic acid groups (broad SMARTS) is 1. The van der Waals surface area contributed by atoms with Gasteiger partial charge in [0.05, 0.1) is 0 Å². The number of hydrogen-bond donors (Lipinski definition) is 2. The third-order valence-corrected chi connectivity index (χ3v) is 3.94. The second kappa shape index (κ2) is 7.93. The third kappa shape index (κ3) is 4.93. The van der Waals surface area contributed by atoms with Crippen LogP contribution in [0, 0.1) is 12.8 Å². The molecule has 0 radical (unpaired) electrons. The summed E-state index contributed by atoms with van der Waals surface area (Å²) < 4.78 is 0. The maximum absolute atomic E-state index is 11.3. The Bertz CT molecular complexity index is 664. The maximum atomic E-state index is 11.3. The van der Waals surface area contributed by atoms with E-state index in [2.05, 4.69) is 36.5 Å². The minimum Gasteiger partial charge on any atom is -0.480 e. The van der Waals surface area contributed by atoms with E-state index in [4.69, 9.17) is 0 Å². The lowest BCUT2D eigenvalue weighted by molar-refractivity contribution is -0.140. The van der Waals surface area contributed by atoms with Gasteiger partial charge >= 0.3 is 5.97 Å². The highest BCUT2D eigenvalue weighted by molar-refractivity contribution is 5.73. The van der Waals surface area contributed by atoms with Gasteiger partial charge in [0.2, 0.25) is 0 Å². The zero-order valence-corrected chi connectivity index (χ0v) is 14.0. The van der Waals surface area contributed by atoms with Crippen LogP contribution in [0.5, 0.6) is 0 Å². The van der Waals surface area contributed by atoms with Crippen molar-refractivity contribution in [3.05, 3.63) is 59.7 Å². The summed E-state index contributed by atoms with van der Waals surface area (Å²) in [6.07, 6.45) is 0.632. The number of rotatable bonds is 7. The van der Waals surface area contributed by atoms with E-state index in [0.29, 0.717) is 18.9 Å². The molecular weight excluding hydrogens is 286 g/mol. The van der Waals surface area contributed by atoms with Gasteiger partial charge < -0.3 is 10.4 Å². The number of aryl methyl sites for hydroxylation is 1. The largest absolute Gasteiger partial charge is 0.480 e. The molecular formula is C20H25NO2. The molecule has 0 saturated heterocycles. The van der Waals surface area contributed by atoms with Gasteiger partial charge in [0.1, 0.15) is 6.04 Å². The van der Waals surface area contributed by atoms with Gasteiger partial charge in [-0.25, -0.2) is 0 Å². The van der Waals surface area contributed by atoms with Crippen LogP contribution in [-0.4, -0.2) is 17.1 Å². The number of benzene rings is 2. The van der Waals surface area contributed by atoms with E-state index in [9.17, 15) is 9.90 Å². The van der Waals surface area contributed by atoms with Crippen LogP contribution in [0.3, 0.4) is 0 Å². The fourth-order valence-electron chi connectivity index (χ4n) is 2.73. The van der Waals surface area contributed by atoms with E-state index in [0.717, 1.165) is 11.1 Å². The zero-order chi connectivity index (χ0) is 16.8. The Balaban J connectivity index is 2.11. The Hall–Kier alpha value is -2.13. The van der Waals surface area contributed by atoms with Crippen molar-refractivity contribution in [2.24, 2.45) is 5.92 Å². The Morgan fingerprint density at radius 2 is 1.87 bits per heavy atom. The highest BCUT2D eigenvalue weighted by Gasteiger charge is 2.17. The molecule has 0 aliphatic rings. The first-order valence-corrected chi connectivity index (χ1v) is 8.08. The summed E-state index contributed by atoms with van der Waals surface area (Å²) in [5, 5.41) is 12.5. The molecule has 2 rings (SSSR count). The van der Waals surface area contributed by atoms with Gasteiger partial charge in [-0.15, -0.1) is 0 Å². The molecule has 0 aliphatic carbocycles. The smallest absolute Gasteiger partial charge is 0.320 e. The maximum Gasteiger partial charge on any atom is 0.320 e. The number of nitrogens with one attached hydrogen (secondary N) is 1. The van der Waals surface area contributed by atoms with Crippen molar-refractivity contribution < 1.29 is 9.90 Å². The molecule has 3 heteroatoms. The standard InChI is InChI=1S/C20H25NO2/c1-14(2)11-19(20(22)23)21-13-16-8-6-9-17(12-16)18-10-5-4-7-15(18)3/h4-10,12,14,19,21H,11,13H2,1-3H3,(H,22,23)/t19-/m1/s1. The SMILES string of the molecule is Cc1ccccc1-c1cccc(CN[C@H](CC(C)C)C(=O)O)c1. The topological polar surface area (TPSA) is 49.3 Å². The first-order chi connectivity index (χ1) is 11.0. The quantitative estimate of drug-likeness (QED) is 0.803. The lowest BCUT2D eigenvalue weighted by Gasteiger charge is -2.17. The predicted molar refractivity (Wildman–Crippen MR) is 94.3 cm³/mol. The van der Waals surface area contributed by atoms with Gasteiger partial charge in [0, 0.05) is 6.54 Å². The summed E-state index contributed by atoms with van der Waals surface area (Å²) in [7, 11) is 0. The summed E-state index contributed by atoms with van der Waals surface area (Å²) in [6.45, 7) is 6.74. The van der Waals surface area contributed by atoms with Crippen molar-refractivity contribution >= 4 is 5.97 Å². The Morgan fingerprint density at radius 1 is 1.13 bits per heavy atom. The fourth-order valence-corrected chi connectivity index (χ4v) is 2.73. The molecule has 0 saturated carbocycles. The average Bonchev–Trinajstić information content (AvgIpc) is 2.51. The van der Waals surface area contributed by atoms with E-state index in [-0.39, 0.29) is 0 Å². The van der Waals surface area contributed by atoms with Crippen LogP contribution in [0.1, 0.15) is 31.4 Å². The van der Waals surface area contributed by atoms with Gasteiger partial charge in [-0.3, -0.25) is 4.79 Å². The minimum atomic E-state index is -0.784. The molecule has 2 N–H and O–H groups in total. The second-order valence-corrected chi connectivity index (χ2v) is 6.42. The molecule has 0 spiro atoms. The normalized spacial score (nSPS) is 12.3. The van der Waals surface area contributed by atoms with Crippen molar-refractivity contribution in [2.75, 3.05) is 0 Å². The molecule has 122 valence electrons. The van der Waals surface area contributed by atoms with Gasteiger partial charge in [-0.05, 0) is 47.6 Å². The van der Waals surface area contributed by atoms with Crippen molar-refractivity contribution in [3.63, 3.8) is 0 Å². The fraction of sp³-hybridized carbons (Fsp3) is 0.350. The van der Waals surface area contributed by atoms with E-state index >= 15 is 0 Å². The zero-order valence-electron chi connectivity index (χ0n) is 14.0. The van der Waals surface area contributed by atoms with E-state index in [1.54, 1.807) is 0 Å². The first kappa shape index (κ1) is 17.2. The highest BCUT2D eigenvalue weighted by atomic mass is 16.4. The minimum absolute atomic E-state index is 0.349. The number of carbonyl (C=O) groups is 1. The van der Waals surface area contributed by atoms with Gasteiger partial charge in [-0.2, -0.15) is 0 Å². The molecule has 0 bridgehead atoms. The highest BCUT2D eigenvalue weighted by Crippen LogP contribution is 2.24. The molecule has 0 aliphatic heterocycles. The van der Waals surface area contributed by atoms with Crippen molar-refractivity contribution in [1.29, 1.82) is 0 Å². The molecule has 0 unspecified atom stereocenters. The Kier molecular flexibility index (Phi) is 5.94. The molecule has 0 aromatic heterocycles. The van der Waals surface area contributed by atoms with Crippen LogP contribution < -0.4 is 5.32 Å². The molecule has 2 aromatic carbocycles. The molecule has 0 fully saturated rings. The summed E-state index contributed by atoms with van der Waals surface area (Å²) in [5.74, 6) is -0.435. The molecule has 0 heterocycles. The summed E-state index contributed by atoms with van der Waals surface area (Å²) >= 11 is 0. The lowest BCUT2D eigenvalue weighted by atomic mass is 9.98. The summed E-state index contributed by atoms with van der Waals surface area (Å²) in [5.41, 5.74) is 4.71. The lowest BCUT2D eigenvalue weighted by Crippen LogP contribution is -2.37. The Morgan fingerprint density at radius 3 is 2.52 bits per heavy atom. The van der Waals surface area contributed by atoms with Crippen LogP contribution in [0.25, 0.3) is 11.1 Å². The number of carboxylic acids is 1. The molecule has 1 atom stereocenters. The van der Waals surface area contributed by atoms with Gasteiger partial charge in [0.15, 0.2) is 0 Å². The van der Waals surface area contributed by atoms with Crippen LogP contribution in [0.2, 0.25) is 0 Å². The molecule has 2 aromatic rings. The monoisotopic (exact) mass is 311 g/mol. The van der Waals surface area contributed by atoms with E-state index in [1.807, 2.05) is 38.1 Å². The van der Waals surface area contributed by atoms with Gasteiger partial charge in [-0.1, -0.05) is 56.3 Å². The second-order valence-electron chi connectivity index (χ2n) is 6.42. The van der Waals surface area contributed by atoms with Crippen LogP contribution in [0.15, 0.2) is 48.5 Å². The molecule has 0 amide bonds. The third-order valence-electron chi connectivity index (χ3n) is 3.94. The van der Waals surface area contributed by atoms with E-state index < -0.39 is 12.0 Å². The summed E-state index contributed by atoms with van der Waals surface area (Å²) in [6, 6.07) is 16.1. The van der Waals surface area contributed by atoms with Crippen LogP contribution in [-0.2, 0) is 11.3 Å². The van der Waals surface area contributed by atoms with Crippen LogP contribution in [0.4, 0.5) is 0 Å². The molecule has 3 nitrogen and oxygen atoms in total. The predicted octanol–water partition coefficient (Wildman–Crippen LogP) is 4.25. The molecule has 23 heavy (non-hydrogen) atoms. The van der Waals surface area contributed by atoms with Crippen molar-refractivity contribution in [2.45, 2.75) is 39.8 Å². The first-order valence-electron chi connectivity index (χ1n) is 8.08. The summed E-state index contributed by atoms with van der Waals surface area (Å²) in [4.78, 5) is 11.3. The number of aliphatic carboxylic acids is 1. The van der Waals surface area contributed by atoms with Crippen LogP contribution >= 0.6 is 0 Å². The Labute approximate surface area is 138 Å². The van der Waals surface area contributed by atoms with Crippen molar-refractivity contribution in [1.82, 2.24) is 5.32 Å². The van der Waals surface area contributed by atoms with Gasteiger partial charge in [0.25, 0.3) is 0 Å². The van der Waals surface area contributed by atoms with E-state index in [1.165, 1.54) is 11.1 Å². The average molecular weight is 311 g/mol. The number of hydrogen-bond acceptors (Lipinski definition) is 2. The van der Waals surface area contributed by atoms with Crippen molar-refractivity contribution in [3.8, 4) is 11.1 Å².